The van der Waals surface area contributed by atoms with Crippen molar-refractivity contribution in [2.24, 2.45) is 0 Å². The molecule has 0 aliphatic carbocycles. The van der Waals surface area contributed by atoms with Gasteiger partial charge in [-0.2, -0.15) is 0 Å². The summed E-state index contributed by atoms with van der Waals surface area (Å²) in [4.78, 5) is 16.7. The van der Waals surface area contributed by atoms with Crippen molar-refractivity contribution in [3.8, 4) is 17.2 Å². The van der Waals surface area contributed by atoms with Gasteiger partial charge in [0.05, 0.1) is 16.1 Å². The molecule has 4 rings (SSSR count). The number of anilines is 1. The molecule has 26 heavy (non-hydrogen) atoms. The molecule has 0 fully saturated rings. The van der Waals surface area contributed by atoms with Crippen LogP contribution in [0.2, 0.25) is 5.02 Å². The van der Waals surface area contributed by atoms with Crippen molar-refractivity contribution >= 4 is 34.3 Å². The third kappa shape index (κ3) is 3.00. The number of benzene rings is 3. The van der Waals surface area contributed by atoms with Crippen molar-refractivity contribution < 1.29 is 14.3 Å². The Morgan fingerprint density at radius 1 is 1.04 bits per heavy atom. The Labute approximate surface area is 153 Å². The first-order chi connectivity index (χ1) is 12.6. The number of aromatic nitrogens is 1. The zero-order chi connectivity index (χ0) is 18.1. The molecular weight excluding hydrogens is 352 g/mol. The van der Waals surface area contributed by atoms with Gasteiger partial charge in [-0.15, -0.1) is 0 Å². The number of hydrogen-bond donors (Lipinski definition) is 2. The van der Waals surface area contributed by atoms with E-state index in [0.29, 0.717) is 38.8 Å². The van der Waals surface area contributed by atoms with Gasteiger partial charge in [-0.05, 0) is 36.4 Å². The molecule has 0 aliphatic heterocycles. The van der Waals surface area contributed by atoms with Crippen LogP contribution in [-0.4, -0.2) is 16.0 Å². The molecule has 0 saturated carbocycles. The third-order valence-electron chi connectivity index (χ3n) is 3.90. The highest BCUT2D eigenvalue weighted by Crippen LogP contribution is 2.33. The van der Waals surface area contributed by atoms with Crippen molar-refractivity contribution in [3.63, 3.8) is 0 Å². The predicted octanol–water partition coefficient (Wildman–Crippen LogP) is 5.11. The van der Waals surface area contributed by atoms with Gasteiger partial charge in [0.2, 0.25) is 5.89 Å². The molecule has 3 aromatic carbocycles. The zero-order valence-corrected chi connectivity index (χ0v) is 14.2. The Balaban J connectivity index is 1.62. The van der Waals surface area contributed by atoms with E-state index in [0.717, 1.165) is 0 Å². The van der Waals surface area contributed by atoms with Gasteiger partial charge >= 0.3 is 0 Å². The third-order valence-corrected chi connectivity index (χ3v) is 4.23. The first kappa shape index (κ1) is 16.2. The molecule has 4 aromatic rings. The van der Waals surface area contributed by atoms with E-state index < -0.39 is 0 Å². The molecule has 0 spiro atoms. The van der Waals surface area contributed by atoms with E-state index in [1.165, 1.54) is 6.07 Å². The van der Waals surface area contributed by atoms with Gasteiger partial charge in [-0.25, -0.2) is 4.98 Å². The van der Waals surface area contributed by atoms with E-state index >= 15 is 0 Å². The minimum Gasteiger partial charge on any atom is -0.507 e. The van der Waals surface area contributed by atoms with Gasteiger partial charge in [0.15, 0.2) is 5.58 Å². The Morgan fingerprint density at radius 3 is 2.58 bits per heavy atom. The number of nitrogens with zero attached hydrogens (tertiary/aromatic N) is 1. The van der Waals surface area contributed by atoms with E-state index in [2.05, 4.69) is 10.3 Å². The number of carbonyl (C=O) groups excluding carboxylic acids is 1. The van der Waals surface area contributed by atoms with Crippen molar-refractivity contribution in [2.45, 2.75) is 0 Å². The summed E-state index contributed by atoms with van der Waals surface area (Å²) in [6.07, 6.45) is 0. The molecule has 0 unspecified atom stereocenters. The number of aromatic hydroxyl groups is 1. The number of halogens is 1. The summed E-state index contributed by atoms with van der Waals surface area (Å²) in [5.74, 6) is -0.0918. The lowest BCUT2D eigenvalue weighted by Crippen LogP contribution is -2.12. The second-order valence-electron chi connectivity index (χ2n) is 5.65. The number of phenolic OH excluding ortho intramolecular Hbond substituents is 1. The number of phenols is 1. The van der Waals surface area contributed by atoms with Crippen molar-refractivity contribution in [1.82, 2.24) is 4.98 Å². The highest BCUT2D eigenvalue weighted by atomic mass is 35.5. The van der Waals surface area contributed by atoms with Crippen molar-refractivity contribution in [1.29, 1.82) is 0 Å². The molecular formula is C20H13ClN2O3. The summed E-state index contributed by atoms with van der Waals surface area (Å²) < 4.78 is 5.67. The monoisotopic (exact) mass is 364 g/mol. The lowest BCUT2D eigenvalue weighted by atomic mass is 10.1. The summed E-state index contributed by atoms with van der Waals surface area (Å²) in [6.45, 7) is 0. The van der Waals surface area contributed by atoms with Crippen LogP contribution in [0.1, 0.15) is 10.4 Å². The number of fused-ring (bicyclic) bond motifs is 1. The first-order valence-corrected chi connectivity index (χ1v) is 8.24. The van der Waals surface area contributed by atoms with Gasteiger partial charge in [-0.1, -0.05) is 35.9 Å². The largest absolute Gasteiger partial charge is 0.507 e. The van der Waals surface area contributed by atoms with E-state index in [-0.39, 0.29) is 11.7 Å². The van der Waals surface area contributed by atoms with Crippen LogP contribution in [0.25, 0.3) is 22.6 Å². The molecule has 0 aliphatic rings. The Hall–Kier alpha value is -3.31. The maximum atomic E-state index is 12.3. The molecule has 128 valence electrons. The van der Waals surface area contributed by atoms with Gasteiger partial charge in [-0.3, -0.25) is 4.79 Å². The number of rotatable bonds is 3. The van der Waals surface area contributed by atoms with Crippen LogP contribution in [0.5, 0.6) is 5.75 Å². The summed E-state index contributed by atoms with van der Waals surface area (Å²) in [5.41, 5.74) is 2.58. The fraction of sp³-hybridized carbons (Fsp3) is 0. The topological polar surface area (TPSA) is 75.4 Å². The molecule has 1 heterocycles. The van der Waals surface area contributed by atoms with E-state index in [1.54, 1.807) is 42.5 Å². The molecule has 5 nitrogen and oxygen atoms in total. The van der Waals surface area contributed by atoms with Gasteiger partial charge in [0.25, 0.3) is 5.91 Å². The van der Waals surface area contributed by atoms with Crippen LogP contribution in [0.15, 0.2) is 71.1 Å². The van der Waals surface area contributed by atoms with E-state index in [4.69, 9.17) is 16.0 Å². The predicted molar refractivity (Wildman–Crippen MR) is 101 cm³/mol. The number of hydrogen-bond acceptors (Lipinski definition) is 4. The van der Waals surface area contributed by atoms with Crippen LogP contribution in [0.4, 0.5) is 5.69 Å². The molecule has 6 heteroatoms. The second-order valence-corrected chi connectivity index (χ2v) is 6.06. The fourth-order valence-corrected chi connectivity index (χ4v) is 2.84. The summed E-state index contributed by atoms with van der Waals surface area (Å²) in [6, 6.07) is 18.9. The average Bonchev–Trinajstić information content (AvgIpc) is 3.06. The lowest BCUT2D eigenvalue weighted by molar-refractivity contribution is 0.102. The molecule has 2 N–H and O–H groups in total. The molecule has 1 amide bonds. The second kappa shape index (κ2) is 6.54. The van der Waals surface area contributed by atoms with Gasteiger partial charge in [0.1, 0.15) is 11.3 Å². The Bertz CT molecular complexity index is 1090. The first-order valence-electron chi connectivity index (χ1n) is 7.86. The maximum Gasteiger partial charge on any atom is 0.257 e. The summed E-state index contributed by atoms with van der Waals surface area (Å²) in [5, 5.41) is 13.4. The minimum atomic E-state index is -0.357. The Morgan fingerprint density at radius 2 is 1.81 bits per heavy atom. The average molecular weight is 365 g/mol. The molecule has 0 bridgehead atoms. The van der Waals surface area contributed by atoms with E-state index in [1.807, 2.05) is 18.2 Å². The summed E-state index contributed by atoms with van der Waals surface area (Å²) >= 11 is 6.03. The molecule has 0 radical (unpaired) electrons. The smallest absolute Gasteiger partial charge is 0.257 e. The normalized spacial score (nSPS) is 10.8. The number of amides is 1. The molecule has 1 aromatic heterocycles. The van der Waals surface area contributed by atoms with Crippen LogP contribution in [0, 0.1) is 0 Å². The number of para-hydroxylation sites is 2. The van der Waals surface area contributed by atoms with Crippen LogP contribution in [0.3, 0.4) is 0 Å². The molecule has 0 saturated heterocycles. The van der Waals surface area contributed by atoms with Crippen molar-refractivity contribution in [3.05, 3.63) is 77.3 Å². The van der Waals surface area contributed by atoms with Crippen LogP contribution >= 0.6 is 11.6 Å². The quantitative estimate of drug-likeness (QED) is 0.530. The lowest BCUT2D eigenvalue weighted by Gasteiger charge is -2.08. The number of oxazole rings is 1. The van der Waals surface area contributed by atoms with Gasteiger partial charge in [0, 0.05) is 11.8 Å². The number of carbonyl (C=O) groups is 1. The van der Waals surface area contributed by atoms with E-state index in [9.17, 15) is 9.90 Å². The summed E-state index contributed by atoms with van der Waals surface area (Å²) in [7, 11) is 0. The number of nitrogens with one attached hydrogen (secondary N) is 1. The minimum absolute atomic E-state index is 0.0477. The maximum absolute atomic E-state index is 12.3. The fourth-order valence-electron chi connectivity index (χ4n) is 2.62. The van der Waals surface area contributed by atoms with Crippen molar-refractivity contribution in [2.75, 3.05) is 5.32 Å². The highest BCUT2D eigenvalue weighted by molar-refractivity contribution is 6.34. The molecule has 0 atom stereocenters. The Kier molecular flexibility index (Phi) is 4.07. The zero-order valence-electron chi connectivity index (χ0n) is 13.4. The van der Waals surface area contributed by atoms with Gasteiger partial charge < -0.3 is 14.8 Å². The van der Waals surface area contributed by atoms with Crippen LogP contribution < -0.4 is 5.32 Å². The highest BCUT2D eigenvalue weighted by Gasteiger charge is 2.14. The standard InChI is InChI=1S/C20H13ClN2O3/c21-15-6-2-1-5-13(15)19(25)22-12-9-10-14(17(24)11-12)20-23-16-7-3-4-8-18(16)26-20/h1-11,24H,(H,22,25). The SMILES string of the molecule is O=C(Nc1ccc(-c2nc3ccccc3o2)c(O)c1)c1ccccc1Cl. The van der Waals surface area contributed by atoms with Crippen LogP contribution in [-0.2, 0) is 0 Å².